The number of amides is 1. The predicted octanol–water partition coefficient (Wildman–Crippen LogP) is 3.97. The van der Waals surface area contributed by atoms with Crippen LogP contribution in [0.5, 0.6) is 5.75 Å². The number of methoxy groups -OCH3 is 1. The summed E-state index contributed by atoms with van der Waals surface area (Å²) in [5.74, 6) is 0.0158. The largest absolute Gasteiger partial charge is 0.495 e. The molecule has 0 atom stereocenters. The van der Waals surface area contributed by atoms with Crippen molar-refractivity contribution < 1.29 is 9.53 Å². The number of halogens is 1. The van der Waals surface area contributed by atoms with Crippen LogP contribution in [0.4, 0.5) is 5.69 Å². The summed E-state index contributed by atoms with van der Waals surface area (Å²) in [5.41, 5.74) is 2.25. The fourth-order valence-electron chi connectivity index (χ4n) is 3.36. The third-order valence-electron chi connectivity index (χ3n) is 4.66. The Hall–Kier alpha value is -3.32. The van der Waals surface area contributed by atoms with Crippen molar-refractivity contribution in [1.29, 1.82) is 0 Å². The Bertz CT molecular complexity index is 1290. The fraction of sp³-hybridized carbons (Fsp3) is 0.190. The van der Waals surface area contributed by atoms with Gasteiger partial charge in [0.15, 0.2) is 5.69 Å². The van der Waals surface area contributed by atoms with Crippen molar-refractivity contribution in [3.8, 4) is 5.75 Å². The van der Waals surface area contributed by atoms with Crippen LogP contribution in [0.1, 0.15) is 23.8 Å². The van der Waals surface area contributed by atoms with E-state index in [0.29, 0.717) is 28.5 Å². The zero-order chi connectivity index (χ0) is 20.5. The van der Waals surface area contributed by atoms with Gasteiger partial charge in [-0.1, -0.05) is 30.7 Å². The zero-order valence-electron chi connectivity index (χ0n) is 16.0. The summed E-state index contributed by atoms with van der Waals surface area (Å²) in [5, 5.41) is 7.61. The van der Waals surface area contributed by atoms with Crippen LogP contribution in [0.2, 0.25) is 5.02 Å². The van der Waals surface area contributed by atoms with Crippen LogP contribution >= 0.6 is 11.6 Å². The van der Waals surface area contributed by atoms with Gasteiger partial charge in [0, 0.05) is 17.6 Å². The number of carbonyl (C=O) groups is 1. The molecule has 0 saturated carbocycles. The van der Waals surface area contributed by atoms with E-state index in [1.54, 1.807) is 22.8 Å². The van der Waals surface area contributed by atoms with E-state index in [-0.39, 0.29) is 11.3 Å². The van der Waals surface area contributed by atoms with Crippen molar-refractivity contribution in [3.05, 3.63) is 69.6 Å². The van der Waals surface area contributed by atoms with Gasteiger partial charge in [0.25, 0.3) is 11.5 Å². The lowest BCUT2D eigenvalue weighted by molar-refractivity contribution is 0.102. The maximum atomic E-state index is 13.0. The average molecular weight is 411 g/mol. The summed E-state index contributed by atoms with van der Waals surface area (Å²) in [6.07, 6.45) is 0.816. The number of anilines is 1. The van der Waals surface area contributed by atoms with Crippen LogP contribution in [0.25, 0.3) is 16.6 Å². The van der Waals surface area contributed by atoms with Gasteiger partial charge in [-0.25, -0.2) is 4.52 Å². The first-order valence-corrected chi connectivity index (χ1v) is 9.57. The molecule has 0 fully saturated rings. The van der Waals surface area contributed by atoms with Gasteiger partial charge >= 0.3 is 0 Å². The van der Waals surface area contributed by atoms with E-state index in [1.165, 1.54) is 17.7 Å². The number of aryl methyl sites for hydroxylation is 1. The second kappa shape index (κ2) is 7.60. The van der Waals surface area contributed by atoms with Gasteiger partial charge in [0.1, 0.15) is 11.3 Å². The third-order valence-corrected chi connectivity index (χ3v) is 4.90. The Morgan fingerprint density at radius 3 is 2.62 bits per heavy atom. The summed E-state index contributed by atoms with van der Waals surface area (Å²) in [4.78, 5) is 25.8. The highest BCUT2D eigenvalue weighted by Gasteiger charge is 2.18. The van der Waals surface area contributed by atoms with Crippen LogP contribution in [0.3, 0.4) is 0 Å². The highest BCUT2D eigenvalue weighted by molar-refractivity contribution is 6.31. The minimum absolute atomic E-state index is 0.128. The molecule has 148 valence electrons. The molecule has 0 radical (unpaired) electrons. The summed E-state index contributed by atoms with van der Waals surface area (Å²) in [7, 11) is 1.51. The topological polar surface area (TPSA) is 77.6 Å². The summed E-state index contributed by atoms with van der Waals surface area (Å²) in [6, 6.07) is 13.9. The number of aromatic nitrogens is 3. The first-order chi connectivity index (χ1) is 14.0. The van der Waals surface area contributed by atoms with Gasteiger partial charge < -0.3 is 14.6 Å². The lowest BCUT2D eigenvalue weighted by Gasteiger charge is -2.10. The van der Waals surface area contributed by atoms with Crippen LogP contribution in [-0.2, 0) is 6.54 Å². The highest BCUT2D eigenvalue weighted by atomic mass is 35.5. The number of nitrogens with one attached hydrogen (secondary N) is 1. The number of benzene rings is 2. The Morgan fingerprint density at radius 1 is 1.14 bits per heavy atom. The number of ether oxygens (including phenoxy) is 1. The molecule has 0 aliphatic heterocycles. The Kier molecular flexibility index (Phi) is 4.98. The average Bonchev–Trinajstić information content (AvgIpc) is 3.17. The van der Waals surface area contributed by atoms with Crippen molar-refractivity contribution >= 4 is 39.7 Å². The van der Waals surface area contributed by atoms with Crippen molar-refractivity contribution in [1.82, 2.24) is 14.2 Å². The molecule has 4 rings (SSSR count). The van der Waals surface area contributed by atoms with Crippen LogP contribution in [0.15, 0.2) is 53.3 Å². The zero-order valence-corrected chi connectivity index (χ0v) is 16.7. The molecular formula is C21H19ClN4O3. The highest BCUT2D eigenvalue weighted by Crippen LogP contribution is 2.28. The number of fused-ring (bicyclic) bond motifs is 3. The van der Waals surface area contributed by atoms with E-state index in [4.69, 9.17) is 16.3 Å². The number of rotatable bonds is 5. The van der Waals surface area contributed by atoms with E-state index in [1.807, 2.05) is 31.2 Å². The molecule has 2 aromatic heterocycles. The number of carbonyl (C=O) groups excluding carboxylic acids is 1. The SMILES string of the molecule is CCCn1c(=O)c2cc(C(=O)Nc3cc(Cl)ccc3OC)nn2c2ccccc21. The quantitative estimate of drug-likeness (QED) is 0.540. The van der Waals surface area contributed by atoms with Gasteiger partial charge in [-0.3, -0.25) is 9.59 Å². The molecule has 8 heteroatoms. The van der Waals surface area contributed by atoms with E-state index >= 15 is 0 Å². The molecule has 7 nitrogen and oxygen atoms in total. The second-order valence-corrected chi connectivity index (χ2v) is 7.01. The summed E-state index contributed by atoms with van der Waals surface area (Å²) >= 11 is 6.03. The van der Waals surface area contributed by atoms with Crippen molar-refractivity contribution in [3.63, 3.8) is 0 Å². The maximum absolute atomic E-state index is 13.0. The molecule has 1 amide bonds. The smallest absolute Gasteiger partial charge is 0.277 e. The van der Waals surface area contributed by atoms with E-state index in [9.17, 15) is 9.59 Å². The molecule has 4 aromatic rings. The maximum Gasteiger partial charge on any atom is 0.277 e. The fourth-order valence-corrected chi connectivity index (χ4v) is 3.53. The number of hydrogen-bond donors (Lipinski definition) is 1. The number of nitrogens with zero attached hydrogens (tertiary/aromatic N) is 3. The molecule has 0 aliphatic carbocycles. The van der Waals surface area contributed by atoms with Gasteiger partial charge in [-0.05, 0) is 36.8 Å². The molecular weight excluding hydrogens is 392 g/mol. The summed E-state index contributed by atoms with van der Waals surface area (Å²) in [6.45, 7) is 2.60. The van der Waals surface area contributed by atoms with Gasteiger partial charge in [-0.2, -0.15) is 5.10 Å². The third kappa shape index (κ3) is 3.34. The standard InChI is InChI=1S/C21H19ClN4O3/c1-3-10-25-16-6-4-5-7-17(16)26-18(21(25)28)12-15(24-26)20(27)23-14-11-13(22)8-9-19(14)29-2/h4-9,11-12H,3,10H2,1-2H3,(H,23,27). The van der Waals surface area contributed by atoms with E-state index < -0.39 is 5.91 Å². The van der Waals surface area contributed by atoms with Crippen LogP contribution < -0.4 is 15.6 Å². The molecule has 0 saturated heterocycles. The van der Waals surface area contributed by atoms with E-state index in [0.717, 1.165) is 17.5 Å². The Morgan fingerprint density at radius 2 is 1.90 bits per heavy atom. The molecule has 0 unspecified atom stereocenters. The molecule has 1 N–H and O–H groups in total. The molecule has 0 aliphatic rings. The monoisotopic (exact) mass is 410 g/mol. The van der Waals surface area contributed by atoms with Crippen LogP contribution in [0, 0.1) is 0 Å². The molecule has 2 heterocycles. The number of para-hydroxylation sites is 2. The summed E-state index contributed by atoms with van der Waals surface area (Å²) < 4.78 is 8.50. The van der Waals surface area contributed by atoms with Crippen molar-refractivity contribution in [2.75, 3.05) is 12.4 Å². The lowest BCUT2D eigenvalue weighted by Crippen LogP contribution is -2.22. The molecule has 0 bridgehead atoms. The van der Waals surface area contributed by atoms with Gasteiger partial charge in [-0.15, -0.1) is 0 Å². The van der Waals surface area contributed by atoms with Crippen molar-refractivity contribution in [2.24, 2.45) is 0 Å². The lowest BCUT2D eigenvalue weighted by atomic mass is 10.2. The Labute approximate surface area is 171 Å². The Balaban J connectivity index is 1.83. The van der Waals surface area contributed by atoms with Gasteiger partial charge in [0.2, 0.25) is 0 Å². The second-order valence-electron chi connectivity index (χ2n) is 6.57. The normalized spacial score (nSPS) is 11.1. The first kappa shape index (κ1) is 19.0. The predicted molar refractivity (Wildman–Crippen MR) is 113 cm³/mol. The first-order valence-electron chi connectivity index (χ1n) is 9.19. The minimum Gasteiger partial charge on any atom is -0.495 e. The minimum atomic E-state index is -0.459. The van der Waals surface area contributed by atoms with Crippen LogP contribution in [-0.4, -0.2) is 27.2 Å². The number of hydrogen-bond acceptors (Lipinski definition) is 4. The van der Waals surface area contributed by atoms with E-state index in [2.05, 4.69) is 10.4 Å². The van der Waals surface area contributed by atoms with Crippen molar-refractivity contribution in [2.45, 2.75) is 19.9 Å². The molecule has 2 aromatic carbocycles. The molecule has 29 heavy (non-hydrogen) atoms. The molecule has 0 spiro atoms. The van der Waals surface area contributed by atoms with Gasteiger partial charge in [0.05, 0.1) is 23.8 Å².